The monoisotopic (exact) mass is 310 g/mol. The number of hydrogen-bond acceptors (Lipinski definition) is 2. The van der Waals surface area contributed by atoms with Crippen molar-refractivity contribution in [2.75, 3.05) is 0 Å². The Balaban J connectivity index is 1.73. The predicted molar refractivity (Wildman–Crippen MR) is 90.8 cm³/mol. The zero-order chi connectivity index (χ0) is 16.4. The first kappa shape index (κ1) is 15.1. The van der Waals surface area contributed by atoms with Gasteiger partial charge < -0.3 is 0 Å². The van der Waals surface area contributed by atoms with Crippen LogP contribution in [-0.2, 0) is 9.59 Å². The third-order valence-corrected chi connectivity index (χ3v) is 7.48. The molecule has 0 aromatic heterocycles. The van der Waals surface area contributed by atoms with Gasteiger partial charge in [0.25, 0.3) is 0 Å². The summed E-state index contributed by atoms with van der Waals surface area (Å²) in [5, 5.41) is 0. The number of carbonyl (C=O) groups is 2. The van der Waals surface area contributed by atoms with Gasteiger partial charge in [0.15, 0.2) is 11.6 Å². The molecule has 5 atom stereocenters. The molecule has 4 aliphatic carbocycles. The Hall–Kier alpha value is -1.44. The summed E-state index contributed by atoms with van der Waals surface area (Å²) in [5.74, 6) is 2.24. The Morgan fingerprint density at radius 1 is 1.17 bits per heavy atom. The predicted octanol–water partition coefficient (Wildman–Crippen LogP) is 4.42. The van der Waals surface area contributed by atoms with Gasteiger partial charge in [0.05, 0.1) is 0 Å². The van der Waals surface area contributed by atoms with E-state index < -0.39 is 0 Å². The SMILES string of the molecule is CC(=O)C1=CC[C@H]2[C@@H]3C=CC4=CC(=O)CC[C@]4(C)[C@H]3CC[C@]12C. The zero-order valence-electron chi connectivity index (χ0n) is 14.4. The molecular formula is C21H26O2. The second-order valence-electron chi connectivity index (χ2n) is 8.50. The Bertz CT molecular complexity index is 680. The first-order valence-electron chi connectivity index (χ1n) is 9.01. The van der Waals surface area contributed by atoms with Gasteiger partial charge in [-0.25, -0.2) is 0 Å². The van der Waals surface area contributed by atoms with Crippen LogP contribution in [-0.4, -0.2) is 11.6 Å². The lowest BCUT2D eigenvalue weighted by Crippen LogP contribution is -2.48. The van der Waals surface area contributed by atoms with Crippen LogP contribution in [0, 0.1) is 28.6 Å². The van der Waals surface area contributed by atoms with Crippen LogP contribution in [0.5, 0.6) is 0 Å². The lowest BCUT2D eigenvalue weighted by Gasteiger charge is -2.55. The molecule has 1 fully saturated rings. The van der Waals surface area contributed by atoms with Crippen molar-refractivity contribution in [2.45, 2.75) is 52.9 Å². The van der Waals surface area contributed by atoms with E-state index in [2.05, 4.69) is 32.1 Å². The molecule has 0 aromatic carbocycles. The molecule has 0 N–H and O–H groups in total. The van der Waals surface area contributed by atoms with Crippen molar-refractivity contribution in [2.24, 2.45) is 28.6 Å². The molecule has 0 saturated heterocycles. The molecule has 23 heavy (non-hydrogen) atoms. The number of rotatable bonds is 1. The van der Waals surface area contributed by atoms with E-state index in [0.717, 1.165) is 31.3 Å². The van der Waals surface area contributed by atoms with Crippen molar-refractivity contribution in [1.29, 1.82) is 0 Å². The first-order valence-corrected chi connectivity index (χ1v) is 9.01. The van der Waals surface area contributed by atoms with E-state index in [-0.39, 0.29) is 22.4 Å². The van der Waals surface area contributed by atoms with Crippen LogP contribution >= 0.6 is 0 Å². The van der Waals surface area contributed by atoms with Gasteiger partial charge in [0, 0.05) is 6.42 Å². The highest BCUT2D eigenvalue weighted by Gasteiger charge is 2.56. The minimum absolute atomic E-state index is 0.0550. The average Bonchev–Trinajstić information content (AvgIpc) is 2.85. The maximum Gasteiger partial charge on any atom is 0.156 e. The Morgan fingerprint density at radius 2 is 1.96 bits per heavy atom. The molecule has 2 nitrogen and oxygen atoms in total. The highest BCUT2D eigenvalue weighted by molar-refractivity contribution is 5.95. The van der Waals surface area contributed by atoms with Crippen molar-refractivity contribution >= 4 is 11.6 Å². The molecule has 2 heteroatoms. The van der Waals surface area contributed by atoms with Gasteiger partial charge in [-0.2, -0.15) is 0 Å². The van der Waals surface area contributed by atoms with Crippen molar-refractivity contribution < 1.29 is 9.59 Å². The standard InChI is InChI=1S/C21H26O2/c1-13(22)17-6-7-18-16-5-4-14-12-15(23)8-10-20(14,2)19(16)9-11-21(17,18)3/h4-6,12,16,18-19H,7-11H2,1-3H3/t16-,18-,19-,20-,21+/m0/s1. The number of hydrogen-bond donors (Lipinski definition) is 0. The van der Waals surface area contributed by atoms with Gasteiger partial charge in [-0.05, 0) is 78.4 Å². The summed E-state index contributed by atoms with van der Waals surface area (Å²) in [7, 11) is 0. The number of Topliss-reactive ketones (excluding diaryl/α,β-unsaturated/α-hetero) is 1. The summed E-state index contributed by atoms with van der Waals surface area (Å²) in [6.45, 7) is 6.39. The fraction of sp³-hybridized carbons (Fsp3) is 0.619. The number of ketones is 2. The van der Waals surface area contributed by atoms with Crippen LogP contribution in [0.2, 0.25) is 0 Å². The molecule has 0 amide bonds. The molecule has 0 radical (unpaired) electrons. The van der Waals surface area contributed by atoms with Crippen LogP contribution in [0.25, 0.3) is 0 Å². The summed E-state index contributed by atoms with van der Waals surface area (Å²) < 4.78 is 0. The van der Waals surface area contributed by atoms with Crippen molar-refractivity contribution in [3.8, 4) is 0 Å². The average molecular weight is 310 g/mol. The molecule has 4 aliphatic rings. The van der Waals surface area contributed by atoms with Crippen LogP contribution in [0.15, 0.2) is 35.5 Å². The second kappa shape index (κ2) is 4.78. The molecule has 122 valence electrons. The number of allylic oxidation sites excluding steroid dienone is 6. The molecule has 0 aromatic rings. The van der Waals surface area contributed by atoms with Crippen molar-refractivity contribution in [3.05, 3.63) is 35.5 Å². The molecule has 0 heterocycles. The largest absolute Gasteiger partial charge is 0.295 e. The Labute approximate surface area is 138 Å². The van der Waals surface area contributed by atoms with Gasteiger partial charge >= 0.3 is 0 Å². The molecule has 0 spiro atoms. The van der Waals surface area contributed by atoms with Gasteiger partial charge in [-0.3, -0.25) is 9.59 Å². The summed E-state index contributed by atoms with van der Waals surface area (Å²) in [6, 6.07) is 0. The van der Waals surface area contributed by atoms with Crippen LogP contribution in [0.4, 0.5) is 0 Å². The third-order valence-electron chi connectivity index (χ3n) is 7.48. The third kappa shape index (κ3) is 1.93. The summed E-state index contributed by atoms with van der Waals surface area (Å²) in [5.41, 5.74) is 2.52. The quantitative estimate of drug-likeness (QED) is 0.718. The van der Waals surface area contributed by atoms with Gasteiger partial charge in [0.1, 0.15) is 0 Å². The normalized spacial score (nSPS) is 44.8. The molecule has 4 rings (SSSR count). The Morgan fingerprint density at radius 3 is 2.70 bits per heavy atom. The van der Waals surface area contributed by atoms with E-state index in [1.807, 2.05) is 6.08 Å². The van der Waals surface area contributed by atoms with Crippen molar-refractivity contribution in [3.63, 3.8) is 0 Å². The summed E-state index contributed by atoms with van der Waals surface area (Å²) in [6.07, 6.45) is 13.6. The van der Waals surface area contributed by atoms with E-state index in [1.165, 1.54) is 5.57 Å². The van der Waals surface area contributed by atoms with E-state index in [4.69, 9.17) is 0 Å². The highest BCUT2D eigenvalue weighted by atomic mass is 16.1. The Kier molecular flexibility index (Phi) is 3.14. The van der Waals surface area contributed by atoms with E-state index in [1.54, 1.807) is 6.92 Å². The van der Waals surface area contributed by atoms with E-state index in [9.17, 15) is 9.59 Å². The van der Waals surface area contributed by atoms with Gasteiger partial charge in [-0.15, -0.1) is 0 Å². The topological polar surface area (TPSA) is 34.1 Å². The van der Waals surface area contributed by atoms with Gasteiger partial charge in [-0.1, -0.05) is 32.1 Å². The molecule has 1 saturated carbocycles. The number of carbonyl (C=O) groups excluding carboxylic acids is 2. The lowest BCUT2D eigenvalue weighted by molar-refractivity contribution is -0.117. The minimum atomic E-state index is 0.0550. The summed E-state index contributed by atoms with van der Waals surface area (Å²) in [4.78, 5) is 23.9. The highest BCUT2D eigenvalue weighted by Crippen LogP contribution is 2.63. The fourth-order valence-electron chi connectivity index (χ4n) is 6.12. The maximum atomic E-state index is 12.1. The van der Waals surface area contributed by atoms with Gasteiger partial charge in [0.2, 0.25) is 0 Å². The summed E-state index contributed by atoms with van der Waals surface area (Å²) >= 11 is 0. The zero-order valence-corrected chi connectivity index (χ0v) is 14.4. The van der Waals surface area contributed by atoms with E-state index >= 15 is 0 Å². The first-order chi connectivity index (χ1) is 10.9. The maximum absolute atomic E-state index is 12.1. The van der Waals surface area contributed by atoms with Crippen molar-refractivity contribution in [1.82, 2.24) is 0 Å². The minimum Gasteiger partial charge on any atom is -0.295 e. The molecule has 0 bridgehead atoms. The van der Waals surface area contributed by atoms with E-state index in [0.29, 0.717) is 24.2 Å². The smallest absolute Gasteiger partial charge is 0.156 e. The molecule has 0 aliphatic heterocycles. The second-order valence-corrected chi connectivity index (χ2v) is 8.50. The lowest BCUT2D eigenvalue weighted by atomic mass is 9.48. The van der Waals surface area contributed by atoms with Crippen LogP contribution in [0.3, 0.4) is 0 Å². The van der Waals surface area contributed by atoms with Crippen LogP contribution in [0.1, 0.15) is 52.9 Å². The van der Waals surface area contributed by atoms with Crippen LogP contribution < -0.4 is 0 Å². The molecular weight excluding hydrogens is 284 g/mol. The molecule has 0 unspecified atom stereocenters. The fourth-order valence-corrected chi connectivity index (χ4v) is 6.12. The number of fused-ring (bicyclic) bond motifs is 5.